The molecule has 1 aromatic heterocycles. The zero-order chi connectivity index (χ0) is 13.7. The normalized spacial score (nSPS) is 20.6. The lowest BCUT2D eigenvalue weighted by Gasteiger charge is -2.23. The van der Waals surface area contributed by atoms with Crippen molar-refractivity contribution in [3.8, 4) is 0 Å². The first-order chi connectivity index (χ1) is 9.65. The molecule has 8 heteroatoms. The van der Waals surface area contributed by atoms with Crippen molar-refractivity contribution in [3.63, 3.8) is 0 Å². The minimum absolute atomic E-state index is 0.308. The highest BCUT2D eigenvalue weighted by molar-refractivity contribution is 7.89. The summed E-state index contributed by atoms with van der Waals surface area (Å²) < 4.78 is 29.8. The van der Waals surface area contributed by atoms with E-state index in [0.29, 0.717) is 22.9 Å². The fraction of sp³-hybridized carbons (Fsp3) is 0.333. The number of nitrogens with zero attached hydrogens (tertiary/aromatic N) is 4. The molecule has 0 aliphatic carbocycles. The molecule has 0 radical (unpaired) electrons. The Kier molecular flexibility index (Phi) is 2.31. The smallest absolute Gasteiger partial charge is 0.342 e. The van der Waals surface area contributed by atoms with Crippen LogP contribution in [0.25, 0.3) is 11.0 Å². The number of rotatable bonds is 0. The third-order valence-electron chi connectivity index (χ3n) is 3.58. The second-order valence-electron chi connectivity index (χ2n) is 4.90. The molecular formula is C12H13N5O2S. The quantitative estimate of drug-likeness (QED) is 0.783. The highest BCUT2D eigenvalue weighted by atomic mass is 32.2. The van der Waals surface area contributed by atoms with Crippen LogP contribution >= 0.6 is 0 Å². The van der Waals surface area contributed by atoms with Crippen molar-refractivity contribution >= 4 is 33.2 Å². The van der Waals surface area contributed by atoms with Gasteiger partial charge in [-0.25, -0.2) is 4.98 Å². The summed E-state index contributed by atoms with van der Waals surface area (Å²) in [6.45, 7) is 1.64. The molecule has 20 heavy (non-hydrogen) atoms. The number of aromatic nitrogens is 2. The van der Waals surface area contributed by atoms with E-state index in [9.17, 15) is 8.42 Å². The molecule has 0 spiro atoms. The van der Waals surface area contributed by atoms with Gasteiger partial charge in [-0.1, -0.05) is 12.1 Å². The molecule has 0 saturated carbocycles. The van der Waals surface area contributed by atoms with E-state index in [-0.39, 0.29) is 0 Å². The van der Waals surface area contributed by atoms with E-state index >= 15 is 0 Å². The summed E-state index contributed by atoms with van der Waals surface area (Å²) in [5.74, 6) is 0.688. The van der Waals surface area contributed by atoms with Crippen LogP contribution in [0.15, 0.2) is 28.7 Å². The van der Waals surface area contributed by atoms with Gasteiger partial charge in [-0.15, -0.1) is 4.40 Å². The van der Waals surface area contributed by atoms with Gasteiger partial charge in [0.2, 0.25) is 11.9 Å². The molecule has 0 bridgehead atoms. The first-order valence-corrected chi connectivity index (χ1v) is 7.90. The van der Waals surface area contributed by atoms with Crippen LogP contribution in [0.5, 0.6) is 0 Å². The predicted molar refractivity (Wildman–Crippen MR) is 75.9 cm³/mol. The van der Waals surface area contributed by atoms with Crippen LogP contribution in [0.4, 0.5) is 5.95 Å². The standard InChI is InChI=1S/C12H13N5O2S/c18-20(19)15-12(16-7-3-4-8-16)14-11-13-9-5-1-2-6-10(9)17(11)20/h1-2,5-6H,3-4,7-8H2,(H,13,14,15). The van der Waals surface area contributed by atoms with Crippen molar-refractivity contribution in [2.45, 2.75) is 12.8 Å². The molecule has 104 valence electrons. The number of benzene rings is 1. The second-order valence-corrected chi connectivity index (χ2v) is 6.34. The van der Waals surface area contributed by atoms with Gasteiger partial charge < -0.3 is 4.90 Å². The Morgan fingerprint density at radius 3 is 2.70 bits per heavy atom. The number of anilines is 1. The zero-order valence-corrected chi connectivity index (χ0v) is 11.5. The van der Waals surface area contributed by atoms with Gasteiger partial charge in [-0.3, -0.25) is 5.32 Å². The van der Waals surface area contributed by atoms with Crippen molar-refractivity contribution in [3.05, 3.63) is 24.3 Å². The van der Waals surface area contributed by atoms with E-state index in [1.165, 1.54) is 0 Å². The number of hydrogen-bond acceptors (Lipinski definition) is 5. The molecule has 2 aromatic rings. The minimum Gasteiger partial charge on any atom is -0.342 e. The van der Waals surface area contributed by atoms with E-state index in [2.05, 4.69) is 14.7 Å². The largest absolute Gasteiger partial charge is 0.354 e. The Bertz CT molecular complexity index is 817. The Balaban J connectivity index is 1.89. The monoisotopic (exact) mass is 291 g/mol. The maximum Gasteiger partial charge on any atom is 0.354 e. The average molecular weight is 291 g/mol. The van der Waals surface area contributed by atoms with Crippen LogP contribution in [0.2, 0.25) is 0 Å². The Labute approximate surface area is 116 Å². The molecule has 2 aliphatic rings. The highest BCUT2D eigenvalue weighted by Gasteiger charge is 2.30. The summed E-state index contributed by atoms with van der Waals surface area (Å²) in [5.41, 5.74) is 1.18. The topological polar surface area (TPSA) is 79.6 Å². The lowest BCUT2D eigenvalue weighted by Crippen LogP contribution is -2.39. The SMILES string of the molecule is O=S1(=O)N=C(N2CCCC2)Nc2nc3ccccc3n21. The number of fused-ring (bicyclic) bond motifs is 3. The molecule has 1 saturated heterocycles. The molecule has 7 nitrogen and oxygen atoms in total. The van der Waals surface area contributed by atoms with Crippen molar-refractivity contribution in [1.29, 1.82) is 0 Å². The third kappa shape index (κ3) is 1.61. The van der Waals surface area contributed by atoms with Crippen molar-refractivity contribution in [2.75, 3.05) is 18.4 Å². The van der Waals surface area contributed by atoms with Gasteiger partial charge in [0.1, 0.15) is 0 Å². The summed E-state index contributed by atoms with van der Waals surface area (Å²) in [4.78, 5) is 6.28. The number of imidazole rings is 1. The van der Waals surface area contributed by atoms with Gasteiger partial charge in [0.25, 0.3) is 0 Å². The maximum absolute atomic E-state index is 12.4. The van der Waals surface area contributed by atoms with E-state index in [4.69, 9.17) is 0 Å². The average Bonchev–Trinajstić information content (AvgIpc) is 3.04. The highest BCUT2D eigenvalue weighted by Crippen LogP contribution is 2.26. The van der Waals surface area contributed by atoms with E-state index in [0.717, 1.165) is 29.9 Å². The molecular weight excluding hydrogens is 278 g/mol. The number of hydrogen-bond donors (Lipinski definition) is 1. The minimum atomic E-state index is -3.77. The number of nitrogens with one attached hydrogen (secondary N) is 1. The maximum atomic E-state index is 12.4. The van der Waals surface area contributed by atoms with Gasteiger partial charge in [0, 0.05) is 13.1 Å². The lowest BCUT2D eigenvalue weighted by atomic mass is 10.3. The molecule has 1 fully saturated rings. The molecule has 0 amide bonds. The molecule has 2 aliphatic heterocycles. The van der Waals surface area contributed by atoms with Crippen LogP contribution in [0, 0.1) is 0 Å². The predicted octanol–water partition coefficient (Wildman–Crippen LogP) is 1.01. The van der Waals surface area contributed by atoms with Crippen molar-refractivity contribution in [2.24, 2.45) is 4.40 Å². The second kappa shape index (κ2) is 3.95. The summed E-state index contributed by atoms with van der Waals surface area (Å²) in [6, 6.07) is 7.12. The Hall–Kier alpha value is -2.09. The zero-order valence-electron chi connectivity index (χ0n) is 10.7. The van der Waals surface area contributed by atoms with E-state index < -0.39 is 10.2 Å². The van der Waals surface area contributed by atoms with Crippen LogP contribution in [0.3, 0.4) is 0 Å². The summed E-state index contributed by atoms with van der Waals surface area (Å²) in [7, 11) is -3.77. The van der Waals surface area contributed by atoms with Gasteiger partial charge >= 0.3 is 10.2 Å². The number of guanidine groups is 1. The molecule has 0 atom stereocenters. The fourth-order valence-electron chi connectivity index (χ4n) is 2.65. The van der Waals surface area contributed by atoms with Crippen molar-refractivity contribution in [1.82, 2.24) is 13.9 Å². The molecule has 4 rings (SSSR count). The first kappa shape index (κ1) is 11.7. The number of likely N-dealkylation sites (tertiary alicyclic amines) is 1. The fourth-order valence-corrected chi connectivity index (χ4v) is 3.82. The van der Waals surface area contributed by atoms with E-state index in [1.54, 1.807) is 18.2 Å². The number of para-hydroxylation sites is 2. The van der Waals surface area contributed by atoms with Crippen LogP contribution in [-0.4, -0.2) is 41.3 Å². The first-order valence-electron chi connectivity index (χ1n) is 6.50. The third-order valence-corrected chi connectivity index (χ3v) is 4.82. The van der Waals surface area contributed by atoms with E-state index in [1.807, 2.05) is 11.0 Å². The summed E-state index contributed by atoms with van der Waals surface area (Å²) >= 11 is 0. The Morgan fingerprint density at radius 2 is 1.90 bits per heavy atom. The van der Waals surface area contributed by atoms with Gasteiger partial charge in [0.15, 0.2) is 0 Å². The molecule has 0 unspecified atom stereocenters. The van der Waals surface area contributed by atoms with Crippen molar-refractivity contribution < 1.29 is 8.42 Å². The lowest BCUT2D eigenvalue weighted by molar-refractivity contribution is 0.515. The summed E-state index contributed by atoms with van der Waals surface area (Å²) in [5, 5.41) is 3.03. The van der Waals surface area contributed by atoms with Crippen LogP contribution in [0.1, 0.15) is 12.8 Å². The molecule has 1 N–H and O–H groups in total. The van der Waals surface area contributed by atoms with Gasteiger partial charge in [-0.2, -0.15) is 12.4 Å². The van der Waals surface area contributed by atoms with Crippen LogP contribution < -0.4 is 5.32 Å². The molecule has 1 aromatic carbocycles. The van der Waals surface area contributed by atoms with Gasteiger partial charge in [-0.05, 0) is 25.0 Å². The van der Waals surface area contributed by atoms with Crippen LogP contribution in [-0.2, 0) is 10.2 Å². The molecule has 3 heterocycles. The van der Waals surface area contributed by atoms with Gasteiger partial charge in [0.05, 0.1) is 11.0 Å². The Morgan fingerprint density at radius 1 is 1.15 bits per heavy atom. The summed E-state index contributed by atoms with van der Waals surface area (Å²) in [6.07, 6.45) is 2.11.